The summed E-state index contributed by atoms with van der Waals surface area (Å²) in [7, 11) is 0. The van der Waals surface area contributed by atoms with Gasteiger partial charge in [-0.3, -0.25) is 4.90 Å². The highest BCUT2D eigenvalue weighted by Gasteiger charge is 2.34. The first-order valence-electron chi connectivity index (χ1n) is 5.90. The summed E-state index contributed by atoms with van der Waals surface area (Å²) >= 11 is 0. The summed E-state index contributed by atoms with van der Waals surface area (Å²) in [5, 5.41) is 12.7. The van der Waals surface area contributed by atoms with Crippen LogP contribution in [0.3, 0.4) is 0 Å². The van der Waals surface area contributed by atoms with Gasteiger partial charge in [-0.05, 0) is 44.8 Å². The Balaban J connectivity index is 1.97. The molecule has 0 aromatic rings. The van der Waals surface area contributed by atoms with Crippen LogP contribution >= 0.6 is 0 Å². The molecule has 3 nitrogen and oxygen atoms in total. The Labute approximate surface area is 86.5 Å². The number of rotatable bonds is 2. The number of hydrogen-bond donors (Lipinski definition) is 2. The maximum Gasteiger partial charge on any atom is 0.0586 e. The van der Waals surface area contributed by atoms with Crippen LogP contribution in [0.1, 0.15) is 26.2 Å². The average molecular weight is 198 g/mol. The van der Waals surface area contributed by atoms with Crippen LogP contribution in [-0.2, 0) is 0 Å². The molecular weight excluding hydrogens is 176 g/mol. The molecule has 14 heavy (non-hydrogen) atoms. The molecule has 2 heterocycles. The standard InChI is InChI=1S/C11H22N2O/c1-9-7-12-5-4-11(9)13-6-2-3-10(13)8-14/h9-12,14H,2-8H2,1H3/t9-,10-,11?/m0/s1. The minimum absolute atomic E-state index is 0.344. The van der Waals surface area contributed by atoms with Crippen molar-refractivity contribution in [1.82, 2.24) is 10.2 Å². The molecule has 0 amide bonds. The first-order chi connectivity index (χ1) is 6.83. The molecule has 3 atom stereocenters. The largest absolute Gasteiger partial charge is 0.395 e. The Bertz CT molecular complexity index is 186. The number of piperidine rings is 1. The van der Waals surface area contributed by atoms with Gasteiger partial charge >= 0.3 is 0 Å². The van der Waals surface area contributed by atoms with Crippen molar-refractivity contribution < 1.29 is 5.11 Å². The molecule has 1 unspecified atom stereocenters. The van der Waals surface area contributed by atoms with Gasteiger partial charge in [0, 0.05) is 12.1 Å². The lowest BCUT2D eigenvalue weighted by Crippen LogP contribution is -2.51. The Kier molecular flexibility index (Phi) is 3.42. The first kappa shape index (κ1) is 10.4. The van der Waals surface area contributed by atoms with Gasteiger partial charge in [-0.2, -0.15) is 0 Å². The van der Waals surface area contributed by atoms with Crippen molar-refractivity contribution in [2.75, 3.05) is 26.2 Å². The van der Waals surface area contributed by atoms with Gasteiger partial charge in [0.25, 0.3) is 0 Å². The van der Waals surface area contributed by atoms with Crippen LogP contribution in [0.25, 0.3) is 0 Å². The fourth-order valence-corrected chi connectivity index (χ4v) is 2.98. The molecule has 82 valence electrons. The Morgan fingerprint density at radius 2 is 2.29 bits per heavy atom. The number of hydrogen-bond acceptors (Lipinski definition) is 3. The van der Waals surface area contributed by atoms with Gasteiger partial charge in [0.1, 0.15) is 0 Å². The lowest BCUT2D eigenvalue weighted by Gasteiger charge is -2.39. The molecule has 2 N–H and O–H groups in total. The lowest BCUT2D eigenvalue weighted by atomic mass is 9.93. The van der Waals surface area contributed by atoms with Crippen LogP contribution in [0.15, 0.2) is 0 Å². The molecule has 2 aliphatic rings. The van der Waals surface area contributed by atoms with Gasteiger partial charge < -0.3 is 10.4 Å². The van der Waals surface area contributed by atoms with E-state index in [9.17, 15) is 5.11 Å². The molecule has 2 saturated heterocycles. The van der Waals surface area contributed by atoms with E-state index in [0.29, 0.717) is 18.7 Å². The second-order valence-electron chi connectivity index (χ2n) is 4.75. The molecule has 0 aliphatic carbocycles. The van der Waals surface area contributed by atoms with Gasteiger partial charge in [0.05, 0.1) is 6.61 Å². The molecular formula is C11H22N2O. The molecule has 2 rings (SSSR count). The second kappa shape index (κ2) is 4.60. The van der Waals surface area contributed by atoms with Crippen LogP contribution in [0.4, 0.5) is 0 Å². The Morgan fingerprint density at radius 1 is 1.43 bits per heavy atom. The van der Waals surface area contributed by atoms with E-state index in [2.05, 4.69) is 17.1 Å². The van der Waals surface area contributed by atoms with Crippen molar-refractivity contribution >= 4 is 0 Å². The van der Waals surface area contributed by atoms with E-state index in [1.807, 2.05) is 0 Å². The highest BCUT2D eigenvalue weighted by atomic mass is 16.3. The normalized spacial score (nSPS) is 40.3. The number of nitrogens with one attached hydrogen (secondary N) is 1. The number of aliphatic hydroxyl groups excluding tert-OH is 1. The van der Waals surface area contributed by atoms with Crippen molar-refractivity contribution in [3.8, 4) is 0 Å². The number of likely N-dealkylation sites (tertiary alicyclic amines) is 1. The van der Waals surface area contributed by atoms with E-state index in [-0.39, 0.29) is 0 Å². The fraction of sp³-hybridized carbons (Fsp3) is 1.00. The third-order valence-corrected chi connectivity index (χ3v) is 3.80. The Hall–Kier alpha value is -0.120. The molecule has 0 radical (unpaired) electrons. The molecule has 0 spiro atoms. The first-order valence-corrected chi connectivity index (χ1v) is 5.90. The summed E-state index contributed by atoms with van der Waals surface area (Å²) in [6.45, 7) is 6.14. The van der Waals surface area contributed by atoms with Gasteiger partial charge in [-0.15, -0.1) is 0 Å². The maximum absolute atomic E-state index is 9.30. The van der Waals surface area contributed by atoms with Crippen molar-refractivity contribution in [2.24, 2.45) is 5.92 Å². The zero-order valence-electron chi connectivity index (χ0n) is 9.08. The third-order valence-electron chi connectivity index (χ3n) is 3.80. The SMILES string of the molecule is C[C@H]1CNCCC1N1CCC[C@H]1CO. The maximum atomic E-state index is 9.30. The van der Waals surface area contributed by atoms with Crippen molar-refractivity contribution in [2.45, 2.75) is 38.3 Å². The number of aliphatic hydroxyl groups is 1. The summed E-state index contributed by atoms with van der Waals surface area (Å²) in [5.74, 6) is 0.732. The molecule has 0 saturated carbocycles. The summed E-state index contributed by atoms with van der Waals surface area (Å²) in [4.78, 5) is 2.55. The van der Waals surface area contributed by atoms with Crippen LogP contribution in [-0.4, -0.2) is 48.3 Å². The van der Waals surface area contributed by atoms with Crippen LogP contribution in [0.2, 0.25) is 0 Å². The van der Waals surface area contributed by atoms with Crippen molar-refractivity contribution in [1.29, 1.82) is 0 Å². The Morgan fingerprint density at radius 3 is 3.00 bits per heavy atom. The minimum atomic E-state index is 0.344. The topological polar surface area (TPSA) is 35.5 Å². The molecule has 3 heteroatoms. The van der Waals surface area contributed by atoms with Crippen LogP contribution in [0, 0.1) is 5.92 Å². The summed E-state index contributed by atoms with van der Waals surface area (Å²) in [6, 6.07) is 1.15. The molecule has 0 bridgehead atoms. The quantitative estimate of drug-likeness (QED) is 0.676. The summed E-state index contributed by atoms with van der Waals surface area (Å²) in [6.07, 6.45) is 3.70. The zero-order valence-corrected chi connectivity index (χ0v) is 9.08. The van der Waals surface area contributed by atoms with Crippen LogP contribution in [0.5, 0.6) is 0 Å². The fourth-order valence-electron chi connectivity index (χ4n) is 2.98. The second-order valence-corrected chi connectivity index (χ2v) is 4.75. The predicted molar refractivity (Wildman–Crippen MR) is 57.3 cm³/mol. The van der Waals surface area contributed by atoms with Gasteiger partial charge in [-0.1, -0.05) is 6.92 Å². The zero-order chi connectivity index (χ0) is 9.97. The summed E-state index contributed by atoms with van der Waals surface area (Å²) in [5.41, 5.74) is 0. The van der Waals surface area contributed by atoms with E-state index in [1.54, 1.807) is 0 Å². The van der Waals surface area contributed by atoms with Gasteiger partial charge in [0.2, 0.25) is 0 Å². The highest BCUT2D eigenvalue weighted by Crippen LogP contribution is 2.26. The van der Waals surface area contributed by atoms with E-state index in [0.717, 1.165) is 19.0 Å². The highest BCUT2D eigenvalue weighted by molar-refractivity contribution is 4.89. The third kappa shape index (κ3) is 1.95. The summed E-state index contributed by atoms with van der Waals surface area (Å²) < 4.78 is 0. The van der Waals surface area contributed by atoms with E-state index in [4.69, 9.17) is 0 Å². The molecule has 0 aromatic heterocycles. The van der Waals surface area contributed by atoms with Crippen LogP contribution < -0.4 is 5.32 Å². The smallest absolute Gasteiger partial charge is 0.0586 e. The van der Waals surface area contributed by atoms with Gasteiger partial charge in [0.15, 0.2) is 0 Å². The molecule has 0 aromatic carbocycles. The van der Waals surface area contributed by atoms with Crippen molar-refractivity contribution in [3.63, 3.8) is 0 Å². The van der Waals surface area contributed by atoms with Gasteiger partial charge in [-0.25, -0.2) is 0 Å². The monoisotopic (exact) mass is 198 g/mol. The van der Waals surface area contributed by atoms with E-state index >= 15 is 0 Å². The minimum Gasteiger partial charge on any atom is -0.395 e. The lowest BCUT2D eigenvalue weighted by molar-refractivity contribution is 0.0750. The van der Waals surface area contributed by atoms with E-state index < -0.39 is 0 Å². The van der Waals surface area contributed by atoms with Crippen molar-refractivity contribution in [3.05, 3.63) is 0 Å². The molecule has 2 fully saturated rings. The molecule has 2 aliphatic heterocycles. The predicted octanol–water partition coefficient (Wildman–Crippen LogP) is 0.441. The number of nitrogens with zero attached hydrogens (tertiary/aromatic N) is 1. The van der Waals surface area contributed by atoms with E-state index in [1.165, 1.54) is 25.8 Å². The average Bonchev–Trinajstić information content (AvgIpc) is 2.66.